The van der Waals surface area contributed by atoms with Gasteiger partial charge in [-0.15, -0.1) is 0 Å². The third-order valence-electron chi connectivity index (χ3n) is 13.4. The van der Waals surface area contributed by atoms with E-state index in [1.54, 1.807) is 14.2 Å². The van der Waals surface area contributed by atoms with E-state index in [0.29, 0.717) is 12.5 Å². The van der Waals surface area contributed by atoms with Crippen molar-refractivity contribution in [2.24, 2.45) is 35.5 Å². The molecule has 6 aliphatic rings. The van der Waals surface area contributed by atoms with E-state index in [1.807, 2.05) is 13.8 Å². The molecule has 3 heterocycles. The third-order valence-corrected chi connectivity index (χ3v) is 13.4. The first kappa shape index (κ1) is 40.0. The minimum Gasteiger partial charge on any atom is -0.462 e. The van der Waals surface area contributed by atoms with Crippen molar-refractivity contribution in [3.05, 3.63) is 23.3 Å². The van der Waals surface area contributed by atoms with Gasteiger partial charge in [-0.1, -0.05) is 31.6 Å². The highest BCUT2D eigenvalue weighted by Gasteiger charge is 2.53. The average Bonchev–Trinajstić information content (AvgIpc) is 3.68. The van der Waals surface area contributed by atoms with Crippen molar-refractivity contribution >= 4 is 11.8 Å². The SMILES string of the molecule is CC[C@H]1CCC[C@H](O[C@@H]2CC[C@@H](N(C)C)[C@H](C)O2)[C@@H](C)C(=O)C2=C[C@@H]3[C@@H](C=C(C)[C@@H]4C[C@@H](O[C@@H]5O[C@@H](C)[C@H](OC)[C@@H](O)[C@H]5OC)C[C@@H]34)[C@@H]2CC(=O)O1. The normalized spacial score (nSPS) is 45.9. The highest BCUT2D eigenvalue weighted by molar-refractivity contribution is 5.99. The van der Waals surface area contributed by atoms with Crippen molar-refractivity contribution in [3.63, 3.8) is 0 Å². The second-order valence-electron chi connectivity index (χ2n) is 16.8. The number of ether oxygens (including phenoxy) is 7. The molecule has 0 amide bonds. The number of hydrogen-bond acceptors (Lipinski definition) is 11. The molecule has 11 heteroatoms. The number of aliphatic hydroxyl groups excluding tert-OH is 1. The number of carbonyl (C=O) groups excluding carboxylic acids is 2. The fraction of sp³-hybridized carbons (Fsp3) is 0.854. The van der Waals surface area contributed by atoms with Crippen molar-refractivity contribution in [3.8, 4) is 0 Å². The minimum atomic E-state index is -0.883. The van der Waals surface area contributed by atoms with Crippen LogP contribution in [-0.4, -0.2) is 118 Å². The molecule has 52 heavy (non-hydrogen) atoms. The maximum Gasteiger partial charge on any atom is 0.306 e. The minimum absolute atomic E-state index is 0.0218. The van der Waals surface area contributed by atoms with E-state index in [0.717, 1.165) is 50.5 Å². The van der Waals surface area contributed by atoms with Crippen LogP contribution in [0.3, 0.4) is 0 Å². The number of esters is 1. The van der Waals surface area contributed by atoms with Gasteiger partial charge in [-0.3, -0.25) is 9.59 Å². The summed E-state index contributed by atoms with van der Waals surface area (Å²) in [6.45, 7) is 10.2. The van der Waals surface area contributed by atoms with Crippen LogP contribution >= 0.6 is 0 Å². The molecule has 17 atom stereocenters. The Morgan fingerprint density at radius 2 is 1.63 bits per heavy atom. The molecule has 0 aromatic carbocycles. The zero-order valence-corrected chi connectivity index (χ0v) is 32.9. The Hall–Kier alpha value is -1.70. The van der Waals surface area contributed by atoms with Crippen LogP contribution in [0, 0.1) is 35.5 Å². The topological polar surface area (TPSA) is 122 Å². The summed E-state index contributed by atoms with van der Waals surface area (Å²) in [4.78, 5) is 30.5. The highest BCUT2D eigenvalue weighted by Crippen LogP contribution is 2.56. The summed E-state index contributed by atoms with van der Waals surface area (Å²) in [6, 6.07) is 0.332. The van der Waals surface area contributed by atoms with Crippen LogP contribution < -0.4 is 0 Å². The molecular formula is C41H65NO10. The lowest BCUT2D eigenvalue weighted by atomic mass is 9.67. The number of allylic oxidation sites excluding steroid dienone is 4. The van der Waals surface area contributed by atoms with Gasteiger partial charge in [0.05, 0.1) is 30.8 Å². The summed E-state index contributed by atoms with van der Waals surface area (Å²) >= 11 is 0. The predicted octanol–water partition coefficient (Wildman–Crippen LogP) is 5.22. The molecule has 294 valence electrons. The highest BCUT2D eigenvalue weighted by atomic mass is 16.7. The molecular weight excluding hydrogens is 666 g/mol. The van der Waals surface area contributed by atoms with Gasteiger partial charge >= 0.3 is 5.97 Å². The van der Waals surface area contributed by atoms with Crippen molar-refractivity contribution in [1.82, 2.24) is 4.90 Å². The lowest BCUT2D eigenvalue weighted by Crippen LogP contribution is -2.59. The standard InChI is InChI=1S/C41H65NO10/c1-10-25-12-11-13-34(52-36-15-14-33(42(6)7)23(4)48-36)22(3)37(44)32-19-30-28(31(32)20-35(43)50-25)16-21(2)27-17-26(18-29(27)30)51-41-40(47-9)38(45)39(46-8)24(5)49-41/h16,19,22-31,33-34,36,38-41,45H,10-15,17-18,20H2,1-9H3/t22-,23+,24+,25+,26-,27+,28-,29-,30-,31+,33-,34+,36-,38-,39+,40-,41+/m1/s1. The average molecular weight is 732 g/mol. The first-order valence-electron chi connectivity index (χ1n) is 20.0. The number of ketones is 1. The second kappa shape index (κ2) is 17.0. The number of aliphatic hydroxyl groups is 1. The molecule has 4 fully saturated rings. The Morgan fingerprint density at radius 3 is 2.31 bits per heavy atom. The maximum atomic E-state index is 14.7. The number of fused-ring (bicyclic) bond motifs is 5. The fourth-order valence-electron chi connectivity index (χ4n) is 10.5. The van der Waals surface area contributed by atoms with E-state index in [2.05, 4.69) is 51.9 Å². The Balaban J connectivity index is 1.23. The molecule has 3 aliphatic heterocycles. The summed E-state index contributed by atoms with van der Waals surface area (Å²) in [5.74, 6) is -0.152. The summed E-state index contributed by atoms with van der Waals surface area (Å²) in [5, 5.41) is 11.0. The zero-order valence-electron chi connectivity index (χ0n) is 32.9. The molecule has 11 nitrogen and oxygen atoms in total. The smallest absolute Gasteiger partial charge is 0.306 e. The van der Waals surface area contributed by atoms with Crippen LogP contribution in [0.25, 0.3) is 0 Å². The van der Waals surface area contributed by atoms with E-state index in [1.165, 1.54) is 5.57 Å². The first-order valence-corrected chi connectivity index (χ1v) is 20.0. The molecule has 0 aromatic heterocycles. The van der Waals surface area contributed by atoms with Crippen LogP contribution in [0.2, 0.25) is 0 Å². The monoisotopic (exact) mass is 731 g/mol. The van der Waals surface area contributed by atoms with E-state index < -0.39 is 24.6 Å². The third kappa shape index (κ3) is 8.13. The summed E-state index contributed by atoms with van der Waals surface area (Å²) < 4.78 is 43.2. The molecule has 0 unspecified atom stereocenters. The molecule has 0 bridgehead atoms. The van der Waals surface area contributed by atoms with Crippen molar-refractivity contribution in [2.75, 3.05) is 28.3 Å². The molecule has 3 saturated heterocycles. The number of rotatable bonds is 8. The first-order chi connectivity index (χ1) is 24.8. The molecule has 1 saturated carbocycles. The Labute approximate surface area is 311 Å². The zero-order chi connectivity index (χ0) is 37.4. The summed E-state index contributed by atoms with van der Waals surface area (Å²) in [7, 11) is 7.29. The molecule has 0 radical (unpaired) electrons. The van der Waals surface area contributed by atoms with Gasteiger partial charge < -0.3 is 43.2 Å². The fourth-order valence-corrected chi connectivity index (χ4v) is 10.5. The largest absolute Gasteiger partial charge is 0.462 e. The van der Waals surface area contributed by atoms with E-state index in [4.69, 9.17) is 33.2 Å². The Morgan fingerprint density at radius 1 is 0.885 bits per heavy atom. The Bertz CT molecular complexity index is 1320. The van der Waals surface area contributed by atoms with Crippen LogP contribution in [0.5, 0.6) is 0 Å². The van der Waals surface area contributed by atoms with Gasteiger partial charge in [0, 0.05) is 32.1 Å². The van der Waals surface area contributed by atoms with Gasteiger partial charge in [-0.05, 0) is 115 Å². The van der Waals surface area contributed by atoms with E-state index in [9.17, 15) is 14.7 Å². The van der Waals surface area contributed by atoms with E-state index >= 15 is 0 Å². The number of methoxy groups -OCH3 is 2. The van der Waals surface area contributed by atoms with Gasteiger partial charge in [-0.25, -0.2) is 0 Å². The number of hydrogen-bond donors (Lipinski definition) is 1. The molecule has 6 rings (SSSR count). The van der Waals surface area contributed by atoms with Crippen molar-refractivity contribution in [2.45, 2.75) is 160 Å². The molecule has 0 aromatic rings. The maximum absolute atomic E-state index is 14.7. The molecule has 0 spiro atoms. The number of Topliss-reactive ketones (excluding diaryl/α,β-unsaturated/α-hetero) is 1. The lowest BCUT2D eigenvalue weighted by Gasteiger charge is -2.42. The van der Waals surface area contributed by atoms with Crippen molar-refractivity contribution in [1.29, 1.82) is 0 Å². The number of carbonyl (C=O) groups is 2. The van der Waals surface area contributed by atoms with Gasteiger partial charge in [-0.2, -0.15) is 0 Å². The summed E-state index contributed by atoms with van der Waals surface area (Å²) in [5.41, 5.74) is 2.03. The molecule has 1 N–H and O–H groups in total. The quantitative estimate of drug-likeness (QED) is 0.261. The second-order valence-corrected chi connectivity index (χ2v) is 16.8. The number of nitrogens with zero attached hydrogens (tertiary/aromatic N) is 1. The van der Waals surface area contributed by atoms with Gasteiger partial charge in [0.25, 0.3) is 0 Å². The van der Waals surface area contributed by atoms with Crippen LogP contribution in [0.1, 0.15) is 92.4 Å². The van der Waals surface area contributed by atoms with Crippen molar-refractivity contribution < 1.29 is 47.9 Å². The van der Waals surface area contributed by atoms with Crippen LogP contribution in [0.4, 0.5) is 0 Å². The van der Waals surface area contributed by atoms with Crippen LogP contribution in [0.15, 0.2) is 23.3 Å². The molecule has 3 aliphatic carbocycles. The predicted molar refractivity (Wildman–Crippen MR) is 194 cm³/mol. The van der Waals surface area contributed by atoms with Gasteiger partial charge in [0.1, 0.15) is 24.4 Å². The van der Waals surface area contributed by atoms with Gasteiger partial charge in [0.2, 0.25) is 0 Å². The lowest BCUT2D eigenvalue weighted by molar-refractivity contribution is -0.311. The Kier molecular flexibility index (Phi) is 13.1. The summed E-state index contributed by atoms with van der Waals surface area (Å²) in [6.07, 6.45) is 7.01. The van der Waals surface area contributed by atoms with Crippen LogP contribution in [-0.2, 0) is 42.7 Å². The number of likely N-dealkylation sites (N-methyl/N-ethyl adjacent to an activating group) is 1. The number of cyclic esters (lactones) is 1. The van der Waals surface area contributed by atoms with E-state index in [-0.39, 0.29) is 90.5 Å². The van der Waals surface area contributed by atoms with Gasteiger partial charge in [0.15, 0.2) is 18.4 Å².